The Hall–Kier alpha value is -0.480. The summed E-state index contributed by atoms with van der Waals surface area (Å²) in [4.78, 5) is 1.08. The van der Waals surface area contributed by atoms with Crippen molar-refractivity contribution < 1.29 is 9.47 Å². The summed E-state index contributed by atoms with van der Waals surface area (Å²) < 4.78 is 10.5. The van der Waals surface area contributed by atoms with Gasteiger partial charge in [-0.05, 0) is 18.4 Å². The predicted octanol–water partition coefficient (Wildman–Crippen LogP) is 2.86. The maximum absolute atomic E-state index is 5.27. The van der Waals surface area contributed by atoms with Crippen molar-refractivity contribution >= 4 is 24.4 Å². The average Bonchev–Trinajstić information content (AvgIpc) is 2.26. The molecule has 1 rings (SSSR count). The van der Waals surface area contributed by atoms with E-state index in [4.69, 9.17) is 9.47 Å². The lowest BCUT2D eigenvalue weighted by atomic mass is 10.2. The highest BCUT2D eigenvalue weighted by atomic mass is 32.2. The molecule has 0 bridgehead atoms. The van der Waals surface area contributed by atoms with Crippen LogP contribution in [0.2, 0.25) is 0 Å². The number of thioether (sulfide) groups is 1. The Morgan fingerprint density at radius 1 is 1.21 bits per heavy atom. The summed E-state index contributed by atoms with van der Waals surface area (Å²) in [5.74, 6) is 2.39. The molecule has 0 aliphatic rings. The van der Waals surface area contributed by atoms with E-state index >= 15 is 0 Å². The van der Waals surface area contributed by atoms with Gasteiger partial charge in [-0.2, -0.15) is 12.6 Å². The number of methoxy groups -OCH3 is 2. The van der Waals surface area contributed by atoms with E-state index in [1.54, 1.807) is 26.0 Å². The number of ether oxygens (including phenoxy) is 2. The van der Waals surface area contributed by atoms with Crippen LogP contribution in [0, 0.1) is 0 Å². The van der Waals surface area contributed by atoms with Crippen molar-refractivity contribution in [3.05, 3.63) is 17.7 Å². The van der Waals surface area contributed by atoms with Crippen LogP contribution < -0.4 is 9.47 Å². The monoisotopic (exact) mass is 230 g/mol. The molecule has 14 heavy (non-hydrogen) atoms. The molecule has 0 unspecified atom stereocenters. The average molecular weight is 230 g/mol. The summed E-state index contributed by atoms with van der Waals surface area (Å²) in [6.07, 6.45) is 2.01. The molecular formula is C10H14O2S2. The van der Waals surface area contributed by atoms with Crippen molar-refractivity contribution in [2.24, 2.45) is 0 Å². The van der Waals surface area contributed by atoms with Crippen LogP contribution in [0.25, 0.3) is 0 Å². The van der Waals surface area contributed by atoms with Gasteiger partial charge in [0.05, 0.1) is 19.1 Å². The summed E-state index contributed by atoms with van der Waals surface area (Å²) in [7, 11) is 3.34. The van der Waals surface area contributed by atoms with Crippen molar-refractivity contribution in [1.82, 2.24) is 0 Å². The third kappa shape index (κ3) is 2.30. The van der Waals surface area contributed by atoms with Crippen LogP contribution in [0.3, 0.4) is 0 Å². The zero-order valence-corrected chi connectivity index (χ0v) is 10.2. The lowest BCUT2D eigenvalue weighted by Crippen LogP contribution is -1.93. The molecular weight excluding hydrogens is 216 g/mol. The Bertz CT molecular complexity index is 255. The van der Waals surface area contributed by atoms with Gasteiger partial charge in [0.15, 0.2) is 0 Å². The van der Waals surface area contributed by atoms with E-state index in [0.29, 0.717) is 5.75 Å². The first-order chi connectivity index (χ1) is 6.76. The van der Waals surface area contributed by atoms with Crippen molar-refractivity contribution in [2.45, 2.75) is 10.6 Å². The van der Waals surface area contributed by atoms with Crippen molar-refractivity contribution in [2.75, 3.05) is 20.5 Å². The summed E-state index contributed by atoms with van der Waals surface area (Å²) in [6, 6.07) is 3.95. The maximum Gasteiger partial charge on any atom is 0.132 e. The molecule has 0 radical (unpaired) electrons. The number of hydrogen-bond donors (Lipinski definition) is 1. The second-order valence-corrected chi connectivity index (χ2v) is 3.84. The van der Waals surface area contributed by atoms with Crippen molar-refractivity contribution in [3.63, 3.8) is 0 Å². The molecule has 0 spiro atoms. The molecule has 0 saturated heterocycles. The number of rotatable bonds is 4. The molecule has 1 aromatic carbocycles. The standard InChI is InChI=1S/C10H14O2S2/c1-11-8-5-10(14-3)9(12-2)4-7(8)6-13/h4-5,13H,6H2,1-3H3. The van der Waals surface area contributed by atoms with E-state index in [1.807, 2.05) is 18.4 Å². The molecule has 0 heterocycles. The highest BCUT2D eigenvalue weighted by Crippen LogP contribution is 2.34. The lowest BCUT2D eigenvalue weighted by molar-refractivity contribution is 0.392. The molecule has 0 N–H and O–H groups in total. The summed E-state index contributed by atoms with van der Waals surface area (Å²) in [5, 5.41) is 0. The highest BCUT2D eigenvalue weighted by molar-refractivity contribution is 7.98. The minimum absolute atomic E-state index is 0.647. The fraction of sp³-hybridized carbons (Fsp3) is 0.400. The van der Waals surface area contributed by atoms with Gasteiger partial charge in [-0.3, -0.25) is 0 Å². The van der Waals surface area contributed by atoms with Gasteiger partial charge in [0, 0.05) is 11.3 Å². The Labute approximate surface area is 94.4 Å². The third-order valence-corrected chi connectivity index (χ3v) is 3.06. The van der Waals surface area contributed by atoms with E-state index in [1.165, 1.54) is 0 Å². The molecule has 0 aliphatic carbocycles. The summed E-state index contributed by atoms with van der Waals surface area (Å²) in [6.45, 7) is 0. The highest BCUT2D eigenvalue weighted by Gasteiger charge is 2.08. The van der Waals surface area contributed by atoms with Crippen molar-refractivity contribution in [3.8, 4) is 11.5 Å². The smallest absolute Gasteiger partial charge is 0.132 e. The van der Waals surface area contributed by atoms with E-state index < -0.39 is 0 Å². The topological polar surface area (TPSA) is 18.5 Å². The first kappa shape index (κ1) is 11.6. The molecule has 0 saturated carbocycles. The molecule has 2 nitrogen and oxygen atoms in total. The van der Waals surface area contributed by atoms with Crippen molar-refractivity contribution in [1.29, 1.82) is 0 Å². The van der Waals surface area contributed by atoms with Crippen LogP contribution in [0.5, 0.6) is 11.5 Å². The first-order valence-electron chi connectivity index (χ1n) is 4.16. The van der Waals surface area contributed by atoms with Gasteiger partial charge in [-0.1, -0.05) is 0 Å². The first-order valence-corrected chi connectivity index (χ1v) is 6.02. The largest absolute Gasteiger partial charge is 0.496 e. The molecule has 0 fully saturated rings. The van der Waals surface area contributed by atoms with Crippen LogP contribution >= 0.6 is 24.4 Å². The van der Waals surface area contributed by atoms with Gasteiger partial charge in [0.25, 0.3) is 0 Å². The second-order valence-electron chi connectivity index (χ2n) is 2.68. The molecule has 1 aromatic rings. The predicted molar refractivity (Wildman–Crippen MR) is 64.0 cm³/mol. The van der Waals surface area contributed by atoms with Gasteiger partial charge < -0.3 is 9.47 Å². The summed E-state index contributed by atoms with van der Waals surface area (Å²) in [5.41, 5.74) is 1.05. The third-order valence-electron chi connectivity index (χ3n) is 1.96. The zero-order chi connectivity index (χ0) is 10.6. The van der Waals surface area contributed by atoms with Crippen LogP contribution in [0.1, 0.15) is 5.56 Å². The fourth-order valence-electron chi connectivity index (χ4n) is 1.22. The fourth-order valence-corrected chi connectivity index (χ4v) is 2.03. The quantitative estimate of drug-likeness (QED) is 0.634. The lowest BCUT2D eigenvalue weighted by Gasteiger charge is -2.12. The van der Waals surface area contributed by atoms with Gasteiger partial charge in [0.2, 0.25) is 0 Å². The Kier molecular flexibility index (Phi) is 4.48. The summed E-state index contributed by atoms with van der Waals surface area (Å²) >= 11 is 5.88. The molecule has 0 amide bonds. The Morgan fingerprint density at radius 2 is 1.86 bits per heavy atom. The minimum atomic E-state index is 0.647. The van der Waals surface area contributed by atoms with Gasteiger partial charge in [0.1, 0.15) is 11.5 Å². The van der Waals surface area contributed by atoms with Gasteiger partial charge >= 0.3 is 0 Å². The zero-order valence-electron chi connectivity index (χ0n) is 8.53. The van der Waals surface area contributed by atoms with Crippen LogP contribution in [-0.2, 0) is 5.75 Å². The second kappa shape index (κ2) is 5.41. The van der Waals surface area contributed by atoms with E-state index in [9.17, 15) is 0 Å². The van der Waals surface area contributed by atoms with Crippen LogP contribution in [-0.4, -0.2) is 20.5 Å². The maximum atomic E-state index is 5.27. The van der Waals surface area contributed by atoms with Crippen LogP contribution in [0.4, 0.5) is 0 Å². The minimum Gasteiger partial charge on any atom is -0.496 e. The normalized spacial score (nSPS) is 10.0. The number of thiol groups is 1. The van der Waals surface area contributed by atoms with Crippen LogP contribution in [0.15, 0.2) is 17.0 Å². The Balaban J connectivity index is 3.20. The van der Waals surface area contributed by atoms with Gasteiger partial charge in [-0.25, -0.2) is 0 Å². The molecule has 0 atom stereocenters. The van der Waals surface area contributed by atoms with E-state index in [-0.39, 0.29) is 0 Å². The number of benzene rings is 1. The molecule has 78 valence electrons. The molecule has 4 heteroatoms. The SMILES string of the molecule is COc1cc(SC)c(OC)cc1CS. The van der Waals surface area contributed by atoms with Gasteiger partial charge in [-0.15, -0.1) is 11.8 Å². The van der Waals surface area contributed by atoms with E-state index in [0.717, 1.165) is 22.0 Å². The number of hydrogen-bond acceptors (Lipinski definition) is 4. The van der Waals surface area contributed by atoms with E-state index in [2.05, 4.69) is 12.6 Å². The molecule has 0 aliphatic heterocycles. The Morgan fingerprint density at radius 3 is 2.29 bits per heavy atom. The molecule has 0 aromatic heterocycles.